The molecule has 7 nitrogen and oxygen atoms in total. The van der Waals surface area contributed by atoms with Crippen molar-refractivity contribution in [2.75, 3.05) is 46.6 Å². The van der Waals surface area contributed by atoms with Crippen molar-refractivity contribution < 1.29 is 14.3 Å². The van der Waals surface area contributed by atoms with Crippen molar-refractivity contribution in [3.63, 3.8) is 0 Å². The van der Waals surface area contributed by atoms with Crippen LogP contribution in [-0.4, -0.2) is 63.3 Å². The molecule has 0 atom stereocenters. The maximum absolute atomic E-state index is 12.4. The number of amides is 1. The van der Waals surface area contributed by atoms with Crippen molar-refractivity contribution in [2.45, 2.75) is 45.2 Å². The fourth-order valence-corrected chi connectivity index (χ4v) is 3.88. The van der Waals surface area contributed by atoms with Crippen LogP contribution in [0.1, 0.15) is 43.2 Å². The van der Waals surface area contributed by atoms with Crippen LogP contribution in [0.3, 0.4) is 0 Å². The van der Waals surface area contributed by atoms with Gasteiger partial charge in [-0.2, -0.15) is 0 Å². The zero-order valence-corrected chi connectivity index (χ0v) is 18.2. The second-order valence-electron chi connectivity index (χ2n) is 8.03. The van der Waals surface area contributed by atoms with Crippen LogP contribution in [0.25, 0.3) is 0 Å². The van der Waals surface area contributed by atoms with E-state index in [2.05, 4.69) is 27.8 Å². The Kier molecular flexibility index (Phi) is 9.44. The third kappa shape index (κ3) is 7.29. The summed E-state index contributed by atoms with van der Waals surface area (Å²) >= 11 is 0. The molecule has 2 aliphatic heterocycles. The summed E-state index contributed by atoms with van der Waals surface area (Å²) in [6, 6.07) is 8.28. The molecule has 1 amide bonds. The molecule has 0 radical (unpaired) electrons. The first-order valence-electron chi connectivity index (χ1n) is 11.2. The minimum absolute atomic E-state index is 0.220. The summed E-state index contributed by atoms with van der Waals surface area (Å²) in [5.74, 6) is 1.65. The Morgan fingerprint density at radius 2 is 1.80 bits per heavy atom. The lowest BCUT2D eigenvalue weighted by Crippen LogP contribution is -2.38. The number of hydrogen-bond donors (Lipinski definition) is 2. The molecule has 2 heterocycles. The van der Waals surface area contributed by atoms with E-state index < -0.39 is 0 Å². The number of carbonyl (C=O) groups is 1. The van der Waals surface area contributed by atoms with E-state index in [1.54, 1.807) is 7.05 Å². The molecule has 0 spiro atoms. The summed E-state index contributed by atoms with van der Waals surface area (Å²) in [5, 5.41) is 6.60. The van der Waals surface area contributed by atoms with Crippen LogP contribution in [0.15, 0.2) is 29.3 Å². The van der Waals surface area contributed by atoms with Gasteiger partial charge in [-0.05, 0) is 42.7 Å². The van der Waals surface area contributed by atoms with Crippen molar-refractivity contribution in [3.8, 4) is 0 Å². The molecule has 2 aliphatic rings. The quantitative estimate of drug-likeness (QED) is 0.348. The van der Waals surface area contributed by atoms with Gasteiger partial charge in [0, 0.05) is 66.1 Å². The van der Waals surface area contributed by atoms with E-state index in [0.717, 1.165) is 84.2 Å². The van der Waals surface area contributed by atoms with Crippen LogP contribution >= 0.6 is 0 Å². The van der Waals surface area contributed by atoms with Crippen molar-refractivity contribution in [2.24, 2.45) is 10.9 Å². The summed E-state index contributed by atoms with van der Waals surface area (Å²) < 4.78 is 11.2. The number of nitrogens with zero attached hydrogens (tertiary/aromatic N) is 2. The number of rotatable bonds is 10. The molecular weight excluding hydrogens is 380 g/mol. The molecule has 0 unspecified atom stereocenters. The fourth-order valence-electron chi connectivity index (χ4n) is 3.88. The lowest BCUT2D eigenvalue weighted by Gasteiger charge is -2.21. The van der Waals surface area contributed by atoms with Gasteiger partial charge in [-0.1, -0.05) is 24.3 Å². The van der Waals surface area contributed by atoms with Crippen molar-refractivity contribution in [1.29, 1.82) is 0 Å². The van der Waals surface area contributed by atoms with Gasteiger partial charge in [0.05, 0.1) is 0 Å². The largest absolute Gasteiger partial charge is 0.381 e. The highest BCUT2D eigenvalue weighted by Crippen LogP contribution is 2.22. The summed E-state index contributed by atoms with van der Waals surface area (Å²) in [7, 11) is 1.77. The molecule has 1 saturated heterocycles. The molecule has 166 valence electrons. The summed E-state index contributed by atoms with van der Waals surface area (Å²) in [4.78, 5) is 18.6. The van der Waals surface area contributed by atoms with E-state index in [4.69, 9.17) is 9.47 Å². The molecule has 1 aromatic rings. The van der Waals surface area contributed by atoms with Gasteiger partial charge < -0.3 is 25.0 Å². The number of guanidine groups is 1. The van der Waals surface area contributed by atoms with E-state index in [1.807, 2.05) is 17.0 Å². The molecule has 2 N–H and O–H groups in total. The monoisotopic (exact) mass is 416 g/mol. The highest BCUT2D eigenvalue weighted by molar-refractivity contribution is 5.80. The van der Waals surface area contributed by atoms with Gasteiger partial charge in [0.25, 0.3) is 0 Å². The molecule has 1 aromatic carbocycles. The van der Waals surface area contributed by atoms with E-state index >= 15 is 0 Å². The summed E-state index contributed by atoms with van der Waals surface area (Å²) in [6.07, 6.45) is 4.51. The molecule has 1 fully saturated rings. The molecule has 30 heavy (non-hydrogen) atoms. The van der Waals surface area contributed by atoms with Gasteiger partial charge in [-0.25, -0.2) is 0 Å². The number of nitrogens with one attached hydrogen (secondary N) is 2. The average Bonchev–Trinajstić information content (AvgIpc) is 3.22. The fraction of sp³-hybridized carbons (Fsp3) is 0.652. The molecule has 0 saturated carbocycles. The number of aliphatic imine (C=N–C) groups is 1. The van der Waals surface area contributed by atoms with Crippen LogP contribution in [0.4, 0.5) is 0 Å². The van der Waals surface area contributed by atoms with Crippen LogP contribution in [-0.2, 0) is 27.4 Å². The Hall–Kier alpha value is -2.12. The number of carbonyl (C=O) groups excluding carboxylic acids is 1. The van der Waals surface area contributed by atoms with Crippen LogP contribution < -0.4 is 10.6 Å². The zero-order valence-electron chi connectivity index (χ0n) is 18.2. The van der Waals surface area contributed by atoms with Gasteiger partial charge in [0.1, 0.15) is 0 Å². The Bertz CT molecular complexity index is 664. The number of benzene rings is 1. The van der Waals surface area contributed by atoms with Crippen LogP contribution in [0, 0.1) is 5.92 Å². The smallest absolute Gasteiger partial charge is 0.223 e. The van der Waals surface area contributed by atoms with Crippen molar-refractivity contribution in [3.05, 3.63) is 35.4 Å². The Morgan fingerprint density at radius 3 is 2.47 bits per heavy atom. The first-order chi connectivity index (χ1) is 14.8. The molecular formula is C23H36N4O3. The lowest BCUT2D eigenvalue weighted by atomic mass is 10.0. The molecule has 0 bridgehead atoms. The number of hydrogen-bond acceptors (Lipinski definition) is 4. The molecule has 0 aromatic heterocycles. The van der Waals surface area contributed by atoms with E-state index in [1.165, 1.54) is 11.1 Å². The normalized spacial score (nSPS) is 17.1. The number of fused-ring (bicyclic) bond motifs is 1. The predicted octanol–water partition coefficient (Wildman–Crippen LogP) is 2.31. The number of ether oxygens (including phenoxy) is 2. The first kappa shape index (κ1) is 22.6. The maximum Gasteiger partial charge on any atom is 0.223 e. The minimum atomic E-state index is 0.220. The maximum atomic E-state index is 12.4. The predicted molar refractivity (Wildman–Crippen MR) is 118 cm³/mol. The van der Waals surface area contributed by atoms with E-state index in [0.29, 0.717) is 12.3 Å². The second kappa shape index (κ2) is 12.5. The lowest BCUT2D eigenvalue weighted by molar-refractivity contribution is -0.131. The molecule has 0 aliphatic carbocycles. The molecule has 3 rings (SSSR count). The molecule has 7 heteroatoms. The SMILES string of the molecule is CN=C(NCCCOCC1CCOCC1)NCCCC(=O)N1Cc2ccccc2C1. The standard InChI is InChI=1S/C23H36N4O3/c1-24-23(26-12-5-13-30-18-19-9-14-29-15-10-19)25-11-4-8-22(28)27-16-20-6-2-3-7-21(20)17-27/h2-3,6-7,19H,4-5,8-18H2,1H3,(H2,24,25,26). The first-order valence-corrected chi connectivity index (χ1v) is 11.2. The third-order valence-electron chi connectivity index (χ3n) is 5.73. The van der Waals surface area contributed by atoms with Crippen molar-refractivity contribution in [1.82, 2.24) is 15.5 Å². The van der Waals surface area contributed by atoms with Gasteiger partial charge in [-0.15, -0.1) is 0 Å². The minimum Gasteiger partial charge on any atom is -0.381 e. The van der Waals surface area contributed by atoms with Gasteiger partial charge in [0.15, 0.2) is 5.96 Å². The Labute approximate surface area is 180 Å². The van der Waals surface area contributed by atoms with Gasteiger partial charge in [0.2, 0.25) is 5.91 Å². The van der Waals surface area contributed by atoms with Gasteiger partial charge >= 0.3 is 0 Å². The van der Waals surface area contributed by atoms with Gasteiger partial charge in [-0.3, -0.25) is 9.79 Å². The highest BCUT2D eigenvalue weighted by Gasteiger charge is 2.22. The van der Waals surface area contributed by atoms with Crippen molar-refractivity contribution >= 4 is 11.9 Å². The zero-order chi connectivity index (χ0) is 21.0. The van der Waals surface area contributed by atoms with E-state index in [9.17, 15) is 4.79 Å². The second-order valence-corrected chi connectivity index (χ2v) is 8.03. The third-order valence-corrected chi connectivity index (χ3v) is 5.73. The average molecular weight is 417 g/mol. The van der Waals surface area contributed by atoms with E-state index in [-0.39, 0.29) is 5.91 Å². The Balaban J connectivity index is 1.20. The summed E-state index contributed by atoms with van der Waals surface area (Å²) in [5.41, 5.74) is 2.54. The van der Waals surface area contributed by atoms with Crippen LogP contribution in [0.2, 0.25) is 0 Å². The van der Waals surface area contributed by atoms with Crippen LogP contribution in [0.5, 0.6) is 0 Å². The summed E-state index contributed by atoms with van der Waals surface area (Å²) in [6.45, 7) is 6.36. The Morgan fingerprint density at radius 1 is 1.13 bits per heavy atom. The topological polar surface area (TPSA) is 75.2 Å². The highest BCUT2D eigenvalue weighted by atomic mass is 16.5.